The maximum absolute atomic E-state index is 11.4. The van der Waals surface area contributed by atoms with Gasteiger partial charge in [0.1, 0.15) is 5.78 Å². The van der Waals surface area contributed by atoms with Gasteiger partial charge in [0.2, 0.25) is 0 Å². The van der Waals surface area contributed by atoms with E-state index in [-0.39, 0.29) is 17.6 Å². The van der Waals surface area contributed by atoms with Crippen LogP contribution in [0.4, 0.5) is 0 Å². The molecule has 1 unspecified atom stereocenters. The van der Waals surface area contributed by atoms with Crippen molar-refractivity contribution in [3.63, 3.8) is 0 Å². The highest BCUT2D eigenvalue weighted by molar-refractivity contribution is 5.88. The SMILES string of the molecule is COC1(OC)C2C=C[C@@H]1C(=O)C2. The molecule has 2 bridgehead atoms. The van der Waals surface area contributed by atoms with Gasteiger partial charge in [-0.05, 0) is 0 Å². The summed E-state index contributed by atoms with van der Waals surface area (Å²) in [6.45, 7) is 0. The molecule has 0 amide bonds. The van der Waals surface area contributed by atoms with Crippen molar-refractivity contribution < 1.29 is 14.3 Å². The van der Waals surface area contributed by atoms with Gasteiger partial charge in [-0.3, -0.25) is 4.79 Å². The molecular formula is C9H12O3. The van der Waals surface area contributed by atoms with Crippen LogP contribution in [0.15, 0.2) is 12.2 Å². The van der Waals surface area contributed by atoms with Crippen LogP contribution in [0.2, 0.25) is 0 Å². The van der Waals surface area contributed by atoms with Crippen molar-refractivity contribution in [2.24, 2.45) is 11.8 Å². The second-order valence-electron chi connectivity index (χ2n) is 3.27. The number of Topliss-reactive ketones (excluding diaryl/α,β-unsaturated/α-hetero) is 1. The fourth-order valence-corrected chi connectivity index (χ4v) is 2.27. The number of rotatable bonds is 2. The molecule has 1 saturated carbocycles. The normalized spacial score (nSPS) is 36.3. The predicted octanol–water partition coefficient (Wildman–Crippen LogP) is 0.751. The molecule has 2 rings (SSSR count). The summed E-state index contributed by atoms with van der Waals surface area (Å²) < 4.78 is 10.6. The Balaban J connectivity index is 2.36. The number of hydrogen-bond acceptors (Lipinski definition) is 3. The minimum atomic E-state index is -0.683. The van der Waals surface area contributed by atoms with Crippen molar-refractivity contribution in [3.8, 4) is 0 Å². The Hall–Kier alpha value is -0.670. The van der Waals surface area contributed by atoms with E-state index in [1.807, 2.05) is 12.2 Å². The van der Waals surface area contributed by atoms with Crippen molar-refractivity contribution in [3.05, 3.63) is 12.2 Å². The average Bonchev–Trinajstić information content (AvgIpc) is 2.56. The highest BCUT2D eigenvalue weighted by Crippen LogP contribution is 2.47. The van der Waals surface area contributed by atoms with Crippen LogP contribution in [0.25, 0.3) is 0 Å². The van der Waals surface area contributed by atoms with E-state index in [1.165, 1.54) is 0 Å². The minimum Gasteiger partial charge on any atom is -0.352 e. The van der Waals surface area contributed by atoms with Crippen molar-refractivity contribution in [1.82, 2.24) is 0 Å². The lowest BCUT2D eigenvalue weighted by atomic mass is 10.0. The summed E-state index contributed by atoms with van der Waals surface area (Å²) >= 11 is 0. The highest BCUT2D eigenvalue weighted by atomic mass is 16.7. The molecule has 0 heterocycles. The third-order valence-electron chi connectivity index (χ3n) is 2.89. The molecule has 0 aromatic rings. The summed E-state index contributed by atoms with van der Waals surface area (Å²) in [6.07, 6.45) is 4.46. The summed E-state index contributed by atoms with van der Waals surface area (Å²) in [6, 6.07) is 0. The Morgan fingerprint density at radius 3 is 2.33 bits per heavy atom. The van der Waals surface area contributed by atoms with Gasteiger partial charge in [-0.15, -0.1) is 0 Å². The molecule has 0 aromatic carbocycles. The van der Waals surface area contributed by atoms with Gasteiger partial charge in [-0.25, -0.2) is 0 Å². The van der Waals surface area contributed by atoms with Crippen LogP contribution >= 0.6 is 0 Å². The van der Waals surface area contributed by atoms with Gasteiger partial charge in [0.25, 0.3) is 0 Å². The molecular weight excluding hydrogens is 156 g/mol. The summed E-state index contributed by atoms with van der Waals surface area (Å²) in [4.78, 5) is 11.4. The first kappa shape index (κ1) is 7.95. The summed E-state index contributed by atoms with van der Waals surface area (Å²) in [5.41, 5.74) is 0. The number of hydrogen-bond donors (Lipinski definition) is 0. The zero-order valence-corrected chi connectivity index (χ0v) is 7.24. The Morgan fingerprint density at radius 1 is 1.42 bits per heavy atom. The molecule has 2 atom stereocenters. The minimum absolute atomic E-state index is 0.116. The highest BCUT2D eigenvalue weighted by Gasteiger charge is 2.57. The maximum atomic E-state index is 11.4. The van der Waals surface area contributed by atoms with E-state index in [4.69, 9.17) is 9.47 Å². The molecule has 0 spiro atoms. The fourth-order valence-electron chi connectivity index (χ4n) is 2.27. The smallest absolute Gasteiger partial charge is 0.187 e. The quantitative estimate of drug-likeness (QED) is 0.451. The van der Waals surface area contributed by atoms with Gasteiger partial charge in [0, 0.05) is 26.6 Å². The number of carbonyl (C=O) groups excluding carboxylic acids is 1. The van der Waals surface area contributed by atoms with E-state index in [9.17, 15) is 4.79 Å². The predicted molar refractivity (Wildman–Crippen MR) is 42.5 cm³/mol. The van der Waals surface area contributed by atoms with Crippen molar-refractivity contribution >= 4 is 5.78 Å². The number of fused-ring (bicyclic) bond motifs is 2. The lowest BCUT2D eigenvalue weighted by Gasteiger charge is -2.30. The van der Waals surface area contributed by atoms with E-state index in [1.54, 1.807) is 14.2 Å². The van der Waals surface area contributed by atoms with E-state index >= 15 is 0 Å². The van der Waals surface area contributed by atoms with Gasteiger partial charge < -0.3 is 9.47 Å². The van der Waals surface area contributed by atoms with Gasteiger partial charge >= 0.3 is 0 Å². The summed E-state index contributed by atoms with van der Waals surface area (Å²) in [7, 11) is 3.18. The van der Waals surface area contributed by atoms with E-state index in [0.29, 0.717) is 6.42 Å². The van der Waals surface area contributed by atoms with Crippen LogP contribution in [0, 0.1) is 11.8 Å². The Labute approximate surface area is 71.3 Å². The molecule has 0 N–H and O–H groups in total. The lowest BCUT2D eigenvalue weighted by molar-refractivity contribution is -0.228. The molecule has 0 saturated heterocycles. The monoisotopic (exact) mass is 168 g/mol. The van der Waals surface area contributed by atoms with Gasteiger partial charge in [0.15, 0.2) is 5.79 Å². The van der Waals surface area contributed by atoms with Crippen LogP contribution < -0.4 is 0 Å². The van der Waals surface area contributed by atoms with E-state index in [0.717, 1.165) is 0 Å². The van der Waals surface area contributed by atoms with Crippen LogP contribution in [-0.4, -0.2) is 25.8 Å². The largest absolute Gasteiger partial charge is 0.352 e. The molecule has 12 heavy (non-hydrogen) atoms. The average molecular weight is 168 g/mol. The Morgan fingerprint density at radius 2 is 2.08 bits per heavy atom. The second-order valence-corrected chi connectivity index (χ2v) is 3.27. The Bertz CT molecular complexity index is 240. The first-order valence-electron chi connectivity index (χ1n) is 4.06. The van der Waals surface area contributed by atoms with Crippen molar-refractivity contribution in [2.45, 2.75) is 12.2 Å². The molecule has 0 radical (unpaired) electrons. The topological polar surface area (TPSA) is 35.5 Å². The first-order chi connectivity index (χ1) is 5.74. The van der Waals surface area contributed by atoms with Gasteiger partial charge in [-0.1, -0.05) is 12.2 Å². The molecule has 0 aliphatic heterocycles. The van der Waals surface area contributed by atoms with E-state index < -0.39 is 5.79 Å². The first-order valence-corrected chi connectivity index (χ1v) is 4.06. The van der Waals surface area contributed by atoms with Crippen molar-refractivity contribution in [1.29, 1.82) is 0 Å². The number of ether oxygens (including phenoxy) is 2. The number of methoxy groups -OCH3 is 2. The fraction of sp³-hybridized carbons (Fsp3) is 0.667. The van der Waals surface area contributed by atoms with Crippen LogP contribution in [0.1, 0.15) is 6.42 Å². The van der Waals surface area contributed by atoms with E-state index in [2.05, 4.69) is 0 Å². The van der Waals surface area contributed by atoms with Crippen LogP contribution in [0.3, 0.4) is 0 Å². The van der Waals surface area contributed by atoms with Gasteiger partial charge in [-0.2, -0.15) is 0 Å². The van der Waals surface area contributed by atoms with Gasteiger partial charge in [0.05, 0.1) is 5.92 Å². The van der Waals surface area contributed by atoms with Crippen LogP contribution in [0.5, 0.6) is 0 Å². The number of ketones is 1. The molecule has 66 valence electrons. The second kappa shape index (κ2) is 2.41. The third kappa shape index (κ3) is 0.704. The molecule has 3 heteroatoms. The lowest BCUT2D eigenvalue weighted by Crippen LogP contribution is -2.40. The standard InChI is InChI=1S/C9H12O3/c1-11-9(12-2)6-3-4-7(9)8(10)5-6/h3-4,6-7H,5H2,1-2H3/t6?,7-/m1/s1. The van der Waals surface area contributed by atoms with Crippen LogP contribution in [-0.2, 0) is 14.3 Å². The third-order valence-corrected chi connectivity index (χ3v) is 2.89. The summed E-state index contributed by atoms with van der Waals surface area (Å²) in [5.74, 6) is -0.523. The summed E-state index contributed by atoms with van der Waals surface area (Å²) in [5, 5.41) is 0. The Kier molecular flexibility index (Phi) is 1.59. The maximum Gasteiger partial charge on any atom is 0.187 e. The zero-order chi connectivity index (χ0) is 8.77. The number of carbonyl (C=O) groups is 1. The molecule has 3 nitrogen and oxygen atoms in total. The van der Waals surface area contributed by atoms with Crippen molar-refractivity contribution in [2.75, 3.05) is 14.2 Å². The molecule has 2 aliphatic carbocycles. The zero-order valence-electron chi connectivity index (χ0n) is 7.24. The molecule has 0 aromatic heterocycles. The molecule has 2 aliphatic rings. The molecule has 1 fully saturated rings.